The average Bonchev–Trinajstić information content (AvgIpc) is 2.66. The first-order valence-electron chi connectivity index (χ1n) is 8.52. The molecule has 0 unspecified atom stereocenters. The highest BCUT2D eigenvalue weighted by Crippen LogP contribution is 2.37. The number of cyclic esters (lactones) is 1. The molecular weight excluding hydrogens is 406 g/mol. The molecule has 0 saturated carbocycles. The molecule has 1 amide bonds. The maximum atomic E-state index is 12.6. The van der Waals surface area contributed by atoms with Gasteiger partial charge in [-0.15, -0.1) is 0 Å². The van der Waals surface area contributed by atoms with Gasteiger partial charge in [-0.25, -0.2) is 4.79 Å². The molecular formula is C19H16ClNO8. The van der Waals surface area contributed by atoms with Gasteiger partial charge in [-0.05, 0) is 12.0 Å². The summed E-state index contributed by atoms with van der Waals surface area (Å²) < 4.78 is 10.1. The fourth-order valence-electron chi connectivity index (χ4n) is 3.14. The number of carbonyl (C=O) groups excluding carboxylic acids is 4. The lowest BCUT2D eigenvalue weighted by atomic mass is 9.96. The van der Waals surface area contributed by atoms with Gasteiger partial charge in [0.25, 0.3) is 0 Å². The van der Waals surface area contributed by atoms with Gasteiger partial charge in [-0.3, -0.25) is 14.4 Å². The van der Waals surface area contributed by atoms with E-state index < -0.39 is 34.9 Å². The Morgan fingerprint density at radius 3 is 2.52 bits per heavy atom. The third-order valence-corrected chi connectivity index (χ3v) is 4.90. The van der Waals surface area contributed by atoms with Gasteiger partial charge >= 0.3 is 5.97 Å². The number of allylic oxidation sites excluding steroid dienone is 2. The maximum Gasteiger partial charge on any atom is 0.342 e. The Balaban J connectivity index is 2.05. The number of phenols is 2. The number of benzene rings is 1. The smallest absolute Gasteiger partial charge is 0.342 e. The summed E-state index contributed by atoms with van der Waals surface area (Å²) in [6.07, 6.45) is 0.414. The van der Waals surface area contributed by atoms with Crippen LogP contribution in [0.1, 0.15) is 28.8 Å². The molecule has 0 spiro atoms. The van der Waals surface area contributed by atoms with Gasteiger partial charge in [0.1, 0.15) is 17.1 Å². The minimum Gasteiger partial charge on any atom is -0.507 e. The number of hydrogen-bond donors (Lipinski definition) is 3. The molecule has 1 aromatic carbocycles. The van der Waals surface area contributed by atoms with Crippen molar-refractivity contribution in [2.45, 2.75) is 19.3 Å². The van der Waals surface area contributed by atoms with Crippen molar-refractivity contribution in [3.8, 4) is 11.5 Å². The first-order chi connectivity index (χ1) is 13.7. The second kappa shape index (κ2) is 7.96. The van der Waals surface area contributed by atoms with Crippen molar-refractivity contribution in [1.82, 2.24) is 5.32 Å². The molecule has 0 aromatic heterocycles. The molecule has 1 aromatic rings. The zero-order chi connectivity index (χ0) is 21.3. The first-order valence-corrected chi connectivity index (χ1v) is 8.90. The van der Waals surface area contributed by atoms with E-state index in [0.29, 0.717) is 0 Å². The number of ether oxygens (including phenoxy) is 2. The molecule has 0 fully saturated rings. The molecule has 10 heteroatoms. The van der Waals surface area contributed by atoms with Crippen LogP contribution in [0.4, 0.5) is 0 Å². The Labute approximate surface area is 169 Å². The van der Waals surface area contributed by atoms with Crippen LogP contribution < -0.4 is 5.32 Å². The van der Waals surface area contributed by atoms with Crippen molar-refractivity contribution in [1.29, 1.82) is 0 Å². The summed E-state index contributed by atoms with van der Waals surface area (Å²) >= 11 is 6.06. The molecule has 0 radical (unpaired) electrons. The highest BCUT2D eigenvalue weighted by molar-refractivity contribution is 6.33. The van der Waals surface area contributed by atoms with Crippen molar-refractivity contribution in [2.75, 3.05) is 13.7 Å². The van der Waals surface area contributed by atoms with Gasteiger partial charge < -0.3 is 25.0 Å². The van der Waals surface area contributed by atoms with Crippen LogP contribution in [-0.4, -0.2) is 47.4 Å². The van der Waals surface area contributed by atoms with E-state index in [1.54, 1.807) is 0 Å². The molecule has 2 bridgehead atoms. The van der Waals surface area contributed by atoms with Crippen LogP contribution in [0.15, 0.2) is 29.2 Å². The van der Waals surface area contributed by atoms with Crippen LogP contribution in [-0.2, 0) is 30.3 Å². The normalized spacial score (nSPS) is 17.9. The predicted octanol–water partition coefficient (Wildman–Crippen LogP) is 1.30. The van der Waals surface area contributed by atoms with Crippen molar-refractivity contribution >= 4 is 35.0 Å². The number of aromatic hydroxyl groups is 2. The van der Waals surface area contributed by atoms with Gasteiger partial charge in [0.15, 0.2) is 5.76 Å². The third kappa shape index (κ3) is 3.81. The van der Waals surface area contributed by atoms with Crippen LogP contribution in [0, 0.1) is 0 Å². The van der Waals surface area contributed by atoms with E-state index in [4.69, 9.17) is 21.1 Å². The largest absolute Gasteiger partial charge is 0.507 e. The topological polar surface area (TPSA) is 139 Å². The number of halogens is 1. The molecule has 152 valence electrons. The van der Waals surface area contributed by atoms with E-state index >= 15 is 0 Å². The Morgan fingerprint density at radius 2 is 1.83 bits per heavy atom. The number of esters is 1. The second-order valence-corrected chi connectivity index (χ2v) is 6.66. The summed E-state index contributed by atoms with van der Waals surface area (Å²) in [5, 5.41) is 22.1. The summed E-state index contributed by atoms with van der Waals surface area (Å²) in [7, 11) is 1.22. The van der Waals surface area contributed by atoms with E-state index in [-0.39, 0.29) is 59.0 Å². The number of carbonyl (C=O) groups is 4. The Hall–Kier alpha value is -3.33. The van der Waals surface area contributed by atoms with Crippen LogP contribution in [0.2, 0.25) is 5.02 Å². The molecule has 2 aliphatic rings. The number of amides is 1. The Kier molecular flexibility index (Phi) is 5.60. The monoisotopic (exact) mass is 421 g/mol. The fraction of sp³-hybridized carbons (Fsp3) is 0.263. The Morgan fingerprint density at radius 1 is 1.10 bits per heavy atom. The second-order valence-electron chi connectivity index (χ2n) is 6.28. The van der Waals surface area contributed by atoms with Gasteiger partial charge in [-0.1, -0.05) is 11.6 Å². The Bertz CT molecular complexity index is 1010. The van der Waals surface area contributed by atoms with Crippen molar-refractivity contribution < 1.29 is 38.9 Å². The zero-order valence-electron chi connectivity index (χ0n) is 15.2. The standard InChI is InChI=1S/C19H16ClNO8/c1-28-18-9-4-5-29-19(27)15-8(16(20)12(23)7-11(15)22)2-3-14(25)21-10(17(9)26)6-13(18)24/h6-7,22-23H,2-5H2,1H3,(H,21,25). The number of nitrogens with one attached hydrogen (secondary N) is 1. The molecule has 29 heavy (non-hydrogen) atoms. The van der Waals surface area contributed by atoms with Crippen LogP contribution in [0.25, 0.3) is 0 Å². The van der Waals surface area contributed by atoms with E-state index in [0.717, 1.165) is 12.1 Å². The van der Waals surface area contributed by atoms with E-state index in [2.05, 4.69) is 5.32 Å². The number of Topliss-reactive ketones (excluding diaryl/α,β-unsaturated/α-hetero) is 1. The van der Waals surface area contributed by atoms with Crippen LogP contribution >= 0.6 is 11.6 Å². The van der Waals surface area contributed by atoms with Gasteiger partial charge in [-0.2, -0.15) is 0 Å². The molecule has 0 atom stereocenters. The molecule has 1 aliphatic heterocycles. The first kappa shape index (κ1) is 20.4. The number of phenolic OH excluding ortho intramolecular Hbond substituents is 2. The number of methoxy groups -OCH3 is 1. The lowest BCUT2D eigenvalue weighted by molar-refractivity contribution is -0.122. The minimum absolute atomic E-state index is 0.0275. The number of ketones is 2. The summed E-state index contributed by atoms with van der Waals surface area (Å²) in [5.74, 6) is -4.04. The molecule has 1 aliphatic carbocycles. The van der Waals surface area contributed by atoms with Crippen molar-refractivity contribution in [3.63, 3.8) is 0 Å². The van der Waals surface area contributed by atoms with Gasteiger partial charge in [0.05, 0.1) is 30.0 Å². The molecule has 1 heterocycles. The van der Waals surface area contributed by atoms with Crippen LogP contribution in [0.3, 0.4) is 0 Å². The third-order valence-electron chi connectivity index (χ3n) is 4.48. The lowest BCUT2D eigenvalue weighted by Crippen LogP contribution is -2.33. The number of fused-ring (bicyclic) bond motifs is 3. The number of rotatable bonds is 1. The fourth-order valence-corrected chi connectivity index (χ4v) is 3.38. The average molecular weight is 422 g/mol. The van der Waals surface area contributed by atoms with Crippen molar-refractivity contribution in [3.05, 3.63) is 45.3 Å². The summed E-state index contributed by atoms with van der Waals surface area (Å²) in [6, 6.07) is 0.895. The molecule has 0 saturated heterocycles. The summed E-state index contributed by atoms with van der Waals surface area (Å²) in [5.41, 5.74) is -0.521. The lowest BCUT2D eigenvalue weighted by Gasteiger charge is -2.18. The van der Waals surface area contributed by atoms with Gasteiger partial charge in [0, 0.05) is 25.0 Å². The molecule has 3 rings (SSSR count). The van der Waals surface area contributed by atoms with E-state index in [1.807, 2.05) is 0 Å². The van der Waals surface area contributed by atoms with Crippen LogP contribution in [0.5, 0.6) is 11.5 Å². The van der Waals surface area contributed by atoms with Crippen molar-refractivity contribution in [2.24, 2.45) is 0 Å². The minimum atomic E-state index is -0.955. The zero-order valence-corrected chi connectivity index (χ0v) is 16.0. The van der Waals surface area contributed by atoms with E-state index in [9.17, 15) is 29.4 Å². The maximum absolute atomic E-state index is 12.6. The highest BCUT2D eigenvalue weighted by Gasteiger charge is 2.32. The predicted molar refractivity (Wildman–Crippen MR) is 98.3 cm³/mol. The molecule has 3 N–H and O–H groups in total. The summed E-state index contributed by atoms with van der Waals surface area (Å²) in [4.78, 5) is 49.7. The quantitative estimate of drug-likeness (QED) is 0.455. The molecule has 9 nitrogen and oxygen atoms in total. The highest BCUT2D eigenvalue weighted by atomic mass is 35.5. The van der Waals surface area contributed by atoms with Gasteiger partial charge in [0.2, 0.25) is 17.5 Å². The summed E-state index contributed by atoms with van der Waals surface area (Å²) in [6.45, 7) is -0.307. The SMILES string of the molecule is COC1=C2CCOC(=O)c3c(O)cc(O)c(Cl)c3CCC(=O)NC(=CC1=O)C2=O. The number of hydrogen-bond acceptors (Lipinski definition) is 8. The van der Waals surface area contributed by atoms with E-state index in [1.165, 1.54) is 7.11 Å².